The van der Waals surface area contributed by atoms with E-state index in [2.05, 4.69) is 46.9 Å². The van der Waals surface area contributed by atoms with Crippen molar-refractivity contribution in [3.63, 3.8) is 0 Å². The van der Waals surface area contributed by atoms with Gasteiger partial charge in [-0.25, -0.2) is 4.99 Å². The van der Waals surface area contributed by atoms with Gasteiger partial charge in [0.1, 0.15) is 0 Å². The molecule has 180 valence electrons. The number of rotatable bonds is 4. The van der Waals surface area contributed by atoms with E-state index in [-0.39, 0.29) is 11.6 Å². The van der Waals surface area contributed by atoms with Crippen LogP contribution in [0.15, 0.2) is 82.1 Å². The lowest BCUT2D eigenvalue weighted by Crippen LogP contribution is -2.39. The van der Waals surface area contributed by atoms with Crippen molar-refractivity contribution in [3.05, 3.63) is 118 Å². The Balaban J connectivity index is 1.65. The summed E-state index contributed by atoms with van der Waals surface area (Å²) in [5.74, 6) is 1.29. The van der Waals surface area contributed by atoms with Gasteiger partial charge in [-0.3, -0.25) is 9.36 Å². The van der Waals surface area contributed by atoms with E-state index >= 15 is 0 Å². The number of allylic oxidation sites excluding steroid dienone is 1. The first kappa shape index (κ1) is 23.2. The summed E-state index contributed by atoms with van der Waals surface area (Å²) in [6.45, 7) is 0. The van der Waals surface area contributed by atoms with Crippen LogP contribution < -0.4 is 24.4 Å². The third kappa shape index (κ3) is 3.81. The lowest BCUT2D eigenvalue weighted by atomic mass is 9.83. The summed E-state index contributed by atoms with van der Waals surface area (Å²) in [5, 5.41) is 0. The van der Waals surface area contributed by atoms with Gasteiger partial charge in [0.2, 0.25) is 0 Å². The highest BCUT2D eigenvalue weighted by atomic mass is 127. The monoisotopic (exact) mass is 606 g/mol. The Hall–Kier alpha value is -3.17. The molecule has 1 atom stereocenters. The predicted molar refractivity (Wildman–Crippen MR) is 151 cm³/mol. The minimum atomic E-state index is -0.325. The van der Waals surface area contributed by atoms with Crippen molar-refractivity contribution in [2.45, 2.75) is 18.9 Å². The van der Waals surface area contributed by atoms with E-state index in [0.717, 1.165) is 44.4 Å². The zero-order chi connectivity index (χ0) is 24.8. The number of aromatic nitrogens is 1. The lowest BCUT2D eigenvalue weighted by Gasteiger charge is -2.31. The van der Waals surface area contributed by atoms with Crippen LogP contribution >= 0.6 is 33.9 Å². The molecule has 2 heterocycles. The molecule has 6 rings (SSSR count). The maximum atomic E-state index is 13.9. The molecule has 3 aromatic carbocycles. The van der Waals surface area contributed by atoms with Gasteiger partial charge in [0.05, 0.1) is 30.5 Å². The number of hydrogen-bond acceptors (Lipinski definition) is 5. The number of para-hydroxylation sites is 1. The van der Waals surface area contributed by atoms with E-state index in [1.165, 1.54) is 16.9 Å². The second-order valence-corrected chi connectivity index (χ2v) is 11.0. The molecule has 36 heavy (non-hydrogen) atoms. The van der Waals surface area contributed by atoms with Gasteiger partial charge in [0, 0.05) is 14.7 Å². The molecule has 1 aromatic heterocycles. The van der Waals surface area contributed by atoms with E-state index in [0.29, 0.717) is 20.8 Å². The Labute approximate surface area is 226 Å². The Morgan fingerprint density at radius 1 is 1.00 bits per heavy atom. The molecule has 0 radical (unpaired) electrons. The van der Waals surface area contributed by atoms with Crippen LogP contribution in [0, 0.1) is 3.57 Å². The van der Waals surface area contributed by atoms with Gasteiger partial charge in [-0.15, -0.1) is 0 Å². The first-order chi connectivity index (χ1) is 17.6. The van der Waals surface area contributed by atoms with Crippen LogP contribution in [0.2, 0.25) is 0 Å². The maximum Gasteiger partial charge on any atom is 0.271 e. The molecule has 0 spiro atoms. The number of hydrogen-bond donors (Lipinski definition) is 0. The number of methoxy groups -OCH3 is 2. The van der Waals surface area contributed by atoms with Crippen LogP contribution in [0.25, 0.3) is 11.8 Å². The molecule has 1 aliphatic heterocycles. The van der Waals surface area contributed by atoms with Gasteiger partial charge in [0.25, 0.3) is 5.56 Å². The van der Waals surface area contributed by atoms with Gasteiger partial charge in [-0.1, -0.05) is 59.9 Å². The van der Waals surface area contributed by atoms with Crippen molar-refractivity contribution in [3.8, 4) is 11.5 Å². The largest absolute Gasteiger partial charge is 0.493 e. The second kappa shape index (κ2) is 9.37. The molecule has 4 aromatic rings. The third-order valence-electron chi connectivity index (χ3n) is 6.77. The zero-order valence-electron chi connectivity index (χ0n) is 19.8. The van der Waals surface area contributed by atoms with Crippen molar-refractivity contribution >= 4 is 45.7 Å². The molecule has 1 aliphatic carbocycles. The Morgan fingerprint density at radius 3 is 2.58 bits per heavy atom. The number of thiazole rings is 1. The summed E-state index contributed by atoms with van der Waals surface area (Å²) < 4.78 is 15.1. The van der Waals surface area contributed by atoms with Crippen molar-refractivity contribution in [1.29, 1.82) is 0 Å². The van der Waals surface area contributed by atoms with Crippen LogP contribution in [0.5, 0.6) is 11.5 Å². The Bertz CT molecular complexity index is 1700. The first-order valence-electron chi connectivity index (χ1n) is 11.7. The number of ether oxygens (including phenoxy) is 2. The number of halogens is 1. The average molecular weight is 606 g/mol. The van der Waals surface area contributed by atoms with E-state index in [9.17, 15) is 4.79 Å². The van der Waals surface area contributed by atoms with E-state index in [4.69, 9.17) is 14.5 Å². The van der Waals surface area contributed by atoms with Crippen LogP contribution in [0.4, 0.5) is 0 Å². The van der Waals surface area contributed by atoms with Gasteiger partial charge in [-0.2, -0.15) is 0 Å². The zero-order valence-corrected chi connectivity index (χ0v) is 22.8. The molecule has 0 saturated heterocycles. The molecular weight excluding hydrogens is 583 g/mol. The highest BCUT2D eigenvalue weighted by Crippen LogP contribution is 2.45. The fourth-order valence-corrected chi connectivity index (χ4v) is 6.50. The Morgan fingerprint density at radius 2 is 1.81 bits per heavy atom. The fourth-order valence-electron chi connectivity index (χ4n) is 5.14. The second-order valence-electron chi connectivity index (χ2n) is 8.75. The quantitative estimate of drug-likeness (QED) is 0.310. The number of benzene rings is 3. The molecular formula is C29H23IN2O3S. The molecule has 5 nitrogen and oxygen atoms in total. The number of nitrogens with zero attached hydrogens (tertiary/aromatic N) is 2. The standard InChI is InChI=1S/C29H23IN2O3S/c1-34-23-9-5-8-22(27(23)35-2)26-21-15-12-18-6-3-4-7-20(18)25(21)31-29-32(26)28(33)24(36-29)16-17-10-13-19(30)14-11-17/h3-11,13-14,16,26H,12,15H2,1-2H3. The average Bonchev–Trinajstić information content (AvgIpc) is 3.22. The van der Waals surface area contributed by atoms with E-state index in [1.54, 1.807) is 14.2 Å². The minimum Gasteiger partial charge on any atom is -0.493 e. The predicted octanol–water partition coefficient (Wildman–Crippen LogP) is 4.94. The topological polar surface area (TPSA) is 52.8 Å². The van der Waals surface area contributed by atoms with Gasteiger partial charge in [-0.05, 0) is 76.4 Å². The number of aryl methyl sites for hydroxylation is 1. The molecule has 2 aliphatic rings. The molecule has 0 fully saturated rings. The highest BCUT2D eigenvalue weighted by Gasteiger charge is 2.34. The SMILES string of the molecule is COc1cccc(C2C3=C(N=c4sc(=Cc5ccc(I)cc5)c(=O)n42)c2ccccc2CC3)c1OC. The molecule has 0 N–H and O–H groups in total. The van der Waals surface area contributed by atoms with Crippen LogP contribution in [0.1, 0.15) is 34.7 Å². The van der Waals surface area contributed by atoms with Crippen molar-refractivity contribution < 1.29 is 9.47 Å². The number of fused-ring (bicyclic) bond motifs is 3. The summed E-state index contributed by atoms with van der Waals surface area (Å²) in [4.78, 5) is 19.7. The summed E-state index contributed by atoms with van der Waals surface area (Å²) in [6.07, 6.45) is 3.68. The molecule has 0 saturated carbocycles. The van der Waals surface area contributed by atoms with Crippen molar-refractivity contribution in [2.24, 2.45) is 4.99 Å². The molecule has 1 unspecified atom stereocenters. The first-order valence-corrected chi connectivity index (χ1v) is 13.6. The third-order valence-corrected chi connectivity index (χ3v) is 8.47. The minimum absolute atomic E-state index is 0.0439. The smallest absolute Gasteiger partial charge is 0.271 e. The maximum absolute atomic E-state index is 13.9. The van der Waals surface area contributed by atoms with Gasteiger partial charge >= 0.3 is 0 Å². The van der Waals surface area contributed by atoms with E-state index < -0.39 is 0 Å². The summed E-state index contributed by atoms with van der Waals surface area (Å²) >= 11 is 3.72. The molecule has 7 heteroatoms. The lowest BCUT2D eigenvalue weighted by molar-refractivity contribution is 0.348. The molecule has 0 amide bonds. The molecule has 0 bridgehead atoms. The normalized spacial score (nSPS) is 16.6. The van der Waals surface area contributed by atoms with E-state index in [1.807, 2.05) is 53.1 Å². The van der Waals surface area contributed by atoms with Gasteiger partial charge < -0.3 is 9.47 Å². The summed E-state index contributed by atoms with van der Waals surface area (Å²) in [7, 11) is 3.28. The van der Waals surface area contributed by atoms with Crippen LogP contribution in [-0.4, -0.2) is 18.8 Å². The van der Waals surface area contributed by atoms with Crippen molar-refractivity contribution in [1.82, 2.24) is 4.57 Å². The Kier molecular flexibility index (Phi) is 6.05. The fraction of sp³-hybridized carbons (Fsp3) is 0.172. The van der Waals surface area contributed by atoms with Gasteiger partial charge in [0.15, 0.2) is 16.3 Å². The van der Waals surface area contributed by atoms with Crippen molar-refractivity contribution in [2.75, 3.05) is 14.2 Å². The highest BCUT2D eigenvalue weighted by molar-refractivity contribution is 14.1. The van der Waals surface area contributed by atoms with Crippen LogP contribution in [-0.2, 0) is 6.42 Å². The summed E-state index contributed by atoms with van der Waals surface area (Å²) in [5.41, 5.74) is 6.38. The summed E-state index contributed by atoms with van der Waals surface area (Å²) in [6, 6.07) is 22.1. The van der Waals surface area contributed by atoms with Crippen LogP contribution in [0.3, 0.4) is 0 Å².